The Morgan fingerprint density at radius 1 is 1.44 bits per heavy atom. The van der Waals surface area contributed by atoms with Gasteiger partial charge in [0.25, 0.3) is 5.91 Å². The predicted octanol–water partition coefficient (Wildman–Crippen LogP) is 3.03. The molecule has 0 bridgehead atoms. The third-order valence-corrected chi connectivity index (χ3v) is 3.64. The molecule has 1 saturated carbocycles. The Bertz CT molecular complexity index is 626. The zero-order chi connectivity index (χ0) is 12.7. The van der Waals surface area contributed by atoms with Crippen LogP contribution in [0.15, 0.2) is 30.3 Å². The lowest BCUT2D eigenvalue weighted by molar-refractivity contribution is 0.0944. The van der Waals surface area contributed by atoms with Gasteiger partial charge in [-0.1, -0.05) is 42.8 Å². The Hall–Kier alpha value is -1.61. The van der Waals surface area contributed by atoms with E-state index in [1.165, 1.54) is 0 Å². The zero-order valence-electron chi connectivity index (χ0n) is 9.98. The van der Waals surface area contributed by atoms with Crippen molar-refractivity contribution in [1.82, 2.24) is 10.3 Å². The number of hydrogen-bond donors (Lipinski definition) is 1. The van der Waals surface area contributed by atoms with Crippen LogP contribution in [-0.4, -0.2) is 16.9 Å². The van der Waals surface area contributed by atoms with Crippen molar-refractivity contribution in [2.75, 3.05) is 0 Å². The molecule has 1 N–H and O–H groups in total. The average molecular weight is 261 g/mol. The first-order chi connectivity index (χ1) is 8.65. The number of nitrogens with one attached hydrogen (secondary N) is 1. The number of halogens is 1. The summed E-state index contributed by atoms with van der Waals surface area (Å²) in [5.74, 6) is 0.432. The van der Waals surface area contributed by atoms with Gasteiger partial charge in [-0.3, -0.25) is 4.79 Å². The maximum absolute atomic E-state index is 12.0. The number of aromatic nitrogens is 1. The lowest BCUT2D eigenvalue weighted by atomic mass is 10.1. The summed E-state index contributed by atoms with van der Waals surface area (Å²) in [7, 11) is 0. The van der Waals surface area contributed by atoms with Crippen LogP contribution in [0.25, 0.3) is 10.8 Å². The predicted molar refractivity (Wildman–Crippen MR) is 71.8 cm³/mol. The van der Waals surface area contributed by atoms with E-state index in [4.69, 9.17) is 11.6 Å². The van der Waals surface area contributed by atoms with E-state index in [9.17, 15) is 4.79 Å². The van der Waals surface area contributed by atoms with Crippen LogP contribution < -0.4 is 5.32 Å². The molecule has 0 saturated heterocycles. The summed E-state index contributed by atoms with van der Waals surface area (Å²) < 4.78 is 0. The molecule has 2 unspecified atom stereocenters. The van der Waals surface area contributed by atoms with Gasteiger partial charge >= 0.3 is 0 Å². The number of pyridine rings is 1. The SMILES string of the molecule is CC1CC1NC(=O)c1cc2ccccc2c(Cl)n1. The molecule has 1 aromatic carbocycles. The molecule has 3 nitrogen and oxygen atoms in total. The highest BCUT2D eigenvalue weighted by Gasteiger charge is 2.34. The van der Waals surface area contributed by atoms with Gasteiger partial charge in [-0.25, -0.2) is 4.98 Å². The van der Waals surface area contributed by atoms with Crippen LogP contribution in [0.5, 0.6) is 0 Å². The number of nitrogens with zero attached hydrogens (tertiary/aromatic N) is 1. The zero-order valence-corrected chi connectivity index (χ0v) is 10.7. The first-order valence-electron chi connectivity index (χ1n) is 6.01. The van der Waals surface area contributed by atoms with Crippen LogP contribution in [0.3, 0.4) is 0 Å². The lowest BCUT2D eigenvalue weighted by Crippen LogP contribution is -2.27. The lowest BCUT2D eigenvalue weighted by Gasteiger charge is -2.06. The minimum atomic E-state index is -0.142. The standard InChI is InChI=1S/C14H13ClN2O/c1-8-6-11(8)17-14(18)12-7-9-4-2-3-5-10(9)13(15)16-12/h2-5,7-8,11H,6H2,1H3,(H,17,18). The molecule has 1 aliphatic carbocycles. The van der Waals surface area contributed by atoms with Gasteiger partial charge in [0.05, 0.1) is 0 Å². The van der Waals surface area contributed by atoms with E-state index in [1.54, 1.807) is 6.07 Å². The van der Waals surface area contributed by atoms with Gasteiger partial charge in [0.1, 0.15) is 10.8 Å². The molecule has 92 valence electrons. The molecule has 2 atom stereocenters. The average Bonchev–Trinajstić information content (AvgIpc) is 3.05. The Labute approximate surface area is 110 Å². The summed E-state index contributed by atoms with van der Waals surface area (Å²) in [6, 6.07) is 9.73. The first-order valence-corrected chi connectivity index (χ1v) is 6.39. The van der Waals surface area contributed by atoms with Crippen molar-refractivity contribution in [3.05, 3.63) is 41.2 Å². The highest BCUT2D eigenvalue weighted by molar-refractivity contribution is 6.34. The maximum Gasteiger partial charge on any atom is 0.270 e. The maximum atomic E-state index is 12.0. The van der Waals surface area contributed by atoms with E-state index < -0.39 is 0 Å². The second-order valence-electron chi connectivity index (χ2n) is 4.81. The summed E-state index contributed by atoms with van der Waals surface area (Å²) in [5, 5.41) is 5.14. The summed E-state index contributed by atoms with van der Waals surface area (Å²) in [6.45, 7) is 2.12. The smallest absolute Gasteiger partial charge is 0.270 e. The van der Waals surface area contributed by atoms with Crippen LogP contribution in [0, 0.1) is 5.92 Å². The number of hydrogen-bond acceptors (Lipinski definition) is 2. The van der Waals surface area contributed by atoms with Crippen molar-refractivity contribution in [2.24, 2.45) is 5.92 Å². The van der Waals surface area contributed by atoms with E-state index in [0.29, 0.717) is 22.8 Å². The molecule has 0 aliphatic heterocycles. The summed E-state index contributed by atoms with van der Waals surface area (Å²) in [5.41, 5.74) is 0.387. The number of fused-ring (bicyclic) bond motifs is 1. The Morgan fingerprint density at radius 2 is 2.17 bits per heavy atom. The van der Waals surface area contributed by atoms with Crippen molar-refractivity contribution >= 4 is 28.3 Å². The fraction of sp³-hybridized carbons (Fsp3) is 0.286. The van der Waals surface area contributed by atoms with Crippen molar-refractivity contribution in [3.63, 3.8) is 0 Å². The van der Waals surface area contributed by atoms with E-state index in [2.05, 4.69) is 17.2 Å². The number of carbonyl (C=O) groups excluding carboxylic acids is 1. The number of carbonyl (C=O) groups is 1. The molecule has 18 heavy (non-hydrogen) atoms. The first kappa shape index (κ1) is 11.5. The van der Waals surface area contributed by atoms with E-state index in [1.807, 2.05) is 24.3 Å². The van der Waals surface area contributed by atoms with Gasteiger partial charge in [-0.15, -0.1) is 0 Å². The molecule has 4 heteroatoms. The van der Waals surface area contributed by atoms with Crippen LogP contribution in [0.2, 0.25) is 5.15 Å². The van der Waals surface area contributed by atoms with Crippen molar-refractivity contribution in [2.45, 2.75) is 19.4 Å². The Kier molecular flexibility index (Phi) is 2.71. The largest absolute Gasteiger partial charge is 0.348 e. The summed E-state index contributed by atoms with van der Waals surface area (Å²) in [6.07, 6.45) is 1.05. The summed E-state index contributed by atoms with van der Waals surface area (Å²) >= 11 is 6.10. The van der Waals surface area contributed by atoms with Crippen LogP contribution in [0.4, 0.5) is 0 Å². The van der Waals surface area contributed by atoms with Gasteiger partial charge in [-0.05, 0) is 23.8 Å². The van der Waals surface area contributed by atoms with Gasteiger partial charge in [0.2, 0.25) is 0 Å². The van der Waals surface area contributed by atoms with E-state index >= 15 is 0 Å². The van der Waals surface area contributed by atoms with Gasteiger partial charge < -0.3 is 5.32 Å². The highest BCUT2D eigenvalue weighted by atomic mass is 35.5. The fourth-order valence-electron chi connectivity index (χ4n) is 2.04. The van der Waals surface area contributed by atoms with Crippen molar-refractivity contribution in [3.8, 4) is 0 Å². The molecule has 1 amide bonds. The third-order valence-electron chi connectivity index (χ3n) is 3.35. The van der Waals surface area contributed by atoms with Crippen LogP contribution in [0.1, 0.15) is 23.8 Å². The molecular formula is C14H13ClN2O. The molecule has 1 aliphatic rings. The topological polar surface area (TPSA) is 42.0 Å². The molecule has 2 aromatic rings. The number of amides is 1. The second kappa shape index (κ2) is 4.25. The Morgan fingerprint density at radius 3 is 2.89 bits per heavy atom. The van der Waals surface area contributed by atoms with Gasteiger partial charge in [0.15, 0.2) is 0 Å². The monoisotopic (exact) mass is 260 g/mol. The molecule has 1 heterocycles. The van der Waals surface area contributed by atoms with Crippen molar-refractivity contribution in [1.29, 1.82) is 0 Å². The normalized spacial score (nSPS) is 21.9. The van der Waals surface area contributed by atoms with Crippen LogP contribution >= 0.6 is 11.6 Å². The minimum absolute atomic E-state index is 0.142. The van der Waals surface area contributed by atoms with E-state index in [0.717, 1.165) is 17.2 Å². The third kappa shape index (κ3) is 2.06. The number of benzene rings is 1. The van der Waals surface area contributed by atoms with E-state index in [-0.39, 0.29) is 5.91 Å². The number of rotatable bonds is 2. The molecule has 1 fully saturated rings. The van der Waals surface area contributed by atoms with Crippen molar-refractivity contribution < 1.29 is 4.79 Å². The van der Waals surface area contributed by atoms with Crippen LogP contribution in [-0.2, 0) is 0 Å². The second-order valence-corrected chi connectivity index (χ2v) is 5.17. The molecule has 0 spiro atoms. The molecule has 0 radical (unpaired) electrons. The quantitative estimate of drug-likeness (QED) is 0.844. The minimum Gasteiger partial charge on any atom is -0.348 e. The Balaban J connectivity index is 1.94. The molecule has 3 rings (SSSR count). The summed E-state index contributed by atoms with van der Waals surface area (Å²) in [4.78, 5) is 16.2. The molecule has 1 aromatic heterocycles. The highest BCUT2D eigenvalue weighted by Crippen LogP contribution is 2.29. The van der Waals surface area contributed by atoms with Gasteiger partial charge in [-0.2, -0.15) is 0 Å². The van der Waals surface area contributed by atoms with Gasteiger partial charge in [0, 0.05) is 11.4 Å². The molecular weight excluding hydrogens is 248 g/mol. The fourth-order valence-corrected chi connectivity index (χ4v) is 2.30.